The van der Waals surface area contributed by atoms with Gasteiger partial charge in [-0.25, -0.2) is 8.42 Å². The van der Waals surface area contributed by atoms with Crippen LogP contribution in [0, 0.1) is 0 Å². The van der Waals surface area contributed by atoms with Gasteiger partial charge in [0.2, 0.25) is 0 Å². The lowest BCUT2D eigenvalue weighted by Gasteiger charge is -2.23. The fraction of sp³-hybridized carbons (Fsp3) is 0.174. The molecule has 0 aromatic heterocycles. The Balaban J connectivity index is 1.57. The maximum Gasteiger partial charge on any atom is 0.261 e. The maximum atomic E-state index is 13.1. The second-order valence-corrected chi connectivity index (χ2v) is 8.72. The second kappa shape index (κ2) is 8.09. The number of benzene rings is 3. The minimum atomic E-state index is -3.71. The Labute approximate surface area is 171 Å². The molecule has 0 unspecified atom stereocenters. The van der Waals surface area contributed by atoms with E-state index in [9.17, 15) is 13.2 Å². The first-order valence-corrected chi connectivity index (χ1v) is 11.1. The van der Waals surface area contributed by atoms with E-state index in [-0.39, 0.29) is 10.8 Å². The van der Waals surface area contributed by atoms with Crippen molar-refractivity contribution in [1.29, 1.82) is 0 Å². The molecule has 0 bridgehead atoms. The van der Waals surface area contributed by atoms with Crippen LogP contribution in [0.5, 0.6) is 0 Å². The average molecular weight is 407 g/mol. The van der Waals surface area contributed by atoms with Gasteiger partial charge in [0.15, 0.2) is 0 Å². The van der Waals surface area contributed by atoms with Crippen molar-refractivity contribution < 1.29 is 13.2 Å². The molecule has 148 valence electrons. The summed E-state index contributed by atoms with van der Waals surface area (Å²) in [4.78, 5) is 15.0. The lowest BCUT2D eigenvalue weighted by atomic mass is 10.1. The van der Waals surface area contributed by atoms with Crippen LogP contribution in [0.1, 0.15) is 28.8 Å². The predicted octanol–water partition coefficient (Wildman–Crippen LogP) is 4.47. The zero-order valence-corrected chi connectivity index (χ0v) is 16.7. The highest BCUT2D eigenvalue weighted by Gasteiger charge is 2.23. The molecule has 1 aliphatic rings. The van der Waals surface area contributed by atoms with Crippen LogP contribution in [-0.2, 0) is 16.4 Å². The highest BCUT2D eigenvalue weighted by atomic mass is 32.2. The van der Waals surface area contributed by atoms with Crippen molar-refractivity contribution >= 4 is 27.3 Å². The molecule has 0 aliphatic carbocycles. The summed E-state index contributed by atoms with van der Waals surface area (Å²) in [7, 11) is -3.71. The van der Waals surface area contributed by atoms with Gasteiger partial charge in [-0.15, -0.1) is 0 Å². The molecule has 0 radical (unpaired) electrons. The van der Waals surface area contributed by atoms with Crippen molar-refractivity contribution in [3.05, 3.63) is 90.0 Å². The summed E-state index contributed by atoms with van der Waals surface area (Å²) in [5.41, 5.74) is 3.08. The minimum Gasteiger partial charge on any atom is -0.308 e. The van der Waals surface area contributed by atoms with Crippen molar-refractivity contribution in [2.75, 3.05) is 16.2 Å². The number of carbonyl (C=O) groups excluding carboxylic acids is 1. The molecule has 0 atom stereocenters. The van der Waals surface area contributed by atoms with Gasteiger partial charge < -0.3 is 4.90 Å². The number of carbonyl (C=O) groups is 1. The molecule has 5 nitrogen and oxygen atoms in total. The van der Waals surface area contributed by atoms with E-state index in [2.05, 4.69) is 10.8 Å². The van der Waals surface area contributed by atoms with Crippen LogP contribution in [0.4, 0.5) is 11.4 Å². The van der Waals surface area contributed by atoms with Gasteiger partial charge in [-0.2, -0.15) is 0 Å². The number of amides is 1. The van der Waals surface area contributed by atoms with E-state index in [1.165, 1.54) is 17.7 Å². The van der Waals surface area contributed by atoms with Crippen molar-refractivity contribution in [2.45, 2.75) is 24.2 Å². The standard InChI is InChI=1S/C23H22N2O3S/c26-23(25-17-7-6-9-18-8-4-5-12-22(18)25)19-13-15-21(16-14-19)29(27,28)24-20-10-2-1-3-11-20/h1-5,8,10-16,24H,6-7,9,17H2. The van der Waals surface area contributed by atoms with Crippen LogP contribution in [0.25, 0.3) is 0 Å². The third-order valence-electron chi connectivity index (χ3n) is 5.04. The van der Waals surface area contributed by atoms with Crippen molar-refractivity contribution in [2.24, 2.45) is 0 Å². The topological polar surface area (TPSA) is 66.5 Å². The molecule has 0 spiro atoms. The monoisotopic (exact) mass is 406 g/mol. The molecule has 29 heavy (non-hydrogen) atoms. The van der Waals surface area contributed by atoms with Gasteiger partial charge in [-0.1, -0.05) is 36.4 Å². The van der Waals surface area contributed by atoms with Gasteiger partial charge in [0.05, 0.1) is 4.90 Å². The number of aryl methyl sites for hydroxylation is 1. The van der Waals surface area contributed by atoms with Crippen LogP contribution in [-0.4, -0.2) is 20.9 Å². The summed E-state index contributed by atoms with van der Waals surface area (Å²) in [6, 6.07) is 22.8. The maximum absolute atomic E-state index is 13.1. The molecule has 3 aromatic rings. The van der Waals surface area contributed by atoms with E-state index >= 15 is 0 Å². The molecule has 1 amide bonds. The summed E-state index contributed by atoms with van der Waals surface area (Å²) in [5, 5.41) is 0. The number of anilines is 2. The number of sulfonamides is 1. The quantitative estimate of drug-likeness (QED) is 0.695. The average Bonchev–Trinajstić information content (AvgIpc) is 2.96. The number of nitrogens with one attached hydrogen (secondary N) is 1. The first kappa shape index (κ1) is 19.2. The Morgan fingerprint density at radius 3 is 2.28 bits per heavy atom. The van der Waals surface area contributed by atoms with E-state index < -0.39 is 10.0 Å². The highest BCUT2D eigenvalue weighted by Crippen LogP contribution is 2.28. The molecule has 1 N–H and O–H groups in total. The van der Waals surface area contributed by atoms with Crippen LogP contribution >= 0.6 is 0 Å². The zero-order chi connectivity index (χ0) is 20.3. The molecule has 6 heteroatoms. The van der Waals surface area contributed by atoms with E-state index in [0.717, 1.165) is 24.9 Å². The molecule has 0 saturated heterocycles. The van der Waals surface area contributed by atoms with Gasteiger partial charge in [0.25, 0.3) is 15.9 Å². The van der Waals surface area contributed by atoms with E-state index in [0.29, 0.717) is 17.8 Å². The first-order chi connectivity index (χ1) is 14.0. The van der Waals surface area contributed by atoms with Crippen molar-refractivity contribution in [1.82, 2.24) is 0 Å². The number of fused-ring (bicyclic) bond motifs is 1. The summed E-state index contributed by atoms with van der Waals surface area (Å²) in [5.74, 6) is -0.112. The number of hydrogen-bond donors (Lipinski definition) is 1. The molecule has 1 heterocycles. The van der Waals surface area contributed by atoms with Crippen molar-refractivity contribution in [3.63, 3.8) is 0 Å². The molecule has 3 aromatic carbocycles. The highest BCUT2D eigenvalue weighted by molar-refractivity contribution is 7.92. The molecule has 4 rings (SSSR count). The minimum absolute atomic E-state index is 0.112. The number of nitrogens with zero attached hydrogens (tertiary/aromatic N) is 1. The van der Waals surface area contributed by atoms with Gasteiger partial charge in [0.1, 0.15) is 0 Å². The van der Waals surface area contributed by atoms with Crippen molar-refractivity contribution in [3.8, 4) is 0 Å². The summed E-state index contributed by atoms with van der Waals surface area (Å²) in [6.45, 7) is 0.658. The lowest BCUT2D eigenvalue weighted by Crippen LogP contribution is -2.31. The third kappa shape index (κ3) is 4.17. The lowest BCUT2D eigenvalue weighted by molar-refractivity contribution is 0.0987. The van der Waals surface area contributed by atoms with Gasteiger partial charge in [-0.05, 0) is 67.3 Å². The Bertz CT molecular complexity index is 1110. The van der Waals surface area contributed by atoms with Crippen LogP contribution in [0.3, 0.4) is 0 Å². The van der Waals surface area contributed by atoms with Crippen LogP contribution < -0.4 is 9.62 Å². The predicted molar refractivity (Wildman–Crippen MR) is 115 cm³/mol. The largest absolute Gasteiger partial charge is 0.308 e. The Morgan fingerprint density at radius 1 is 0.828 bits per heavy atom. The van der Waals surface area contributed by atoms with Gasteiger partial charge in [-0.3, -0.25) is 9.52 Å². The molecular weight excluding hydrogens is 384 g/mol. The number of rotatable bonds is 4. The van der Waals surface area contributed by atoms with Gasteiger partial charge in [0, 0.05) is 23.5 Å². The van der Waals surface area contributed by atoms with Gasteiger partial charge >= 0.3 is 0 Å². The fourth-order valence-electron chi connectivity index (χ4n) is 3.56. The normalized spacial score (nSPS) is 14.0. The molecule has 0 saturated carbocycles. The SMILES string of the molecule is O=C(c1ccc(S(=O)(=O)Nc2ccccc2)cc1)N1CCCCc2ccccc21. The fourth-order valence-corrected chi connectivity index (χ4v) is 4.61. The van der Waals surface area contributed by atoms with Crippen LogP contribution in [0.15, 0.2) is 83.8 Å². The Hall–Kier alpha value is -3.12. The van der Waals surface area contributed by atoms with E-state index in [4.69, 9.17) is 0 Å². The van der Waals surface area contributed by atoms with E-state index in [1.54, 1.807) is 41.3 Å². The smallest absolute Gasteiger partial charge is 0.261 e. The van der Waals surface area contributed by atoms with E-state index in [1.807, 2.05) is 24.3 Å². The summed E-state index contributed by atoms with van der Waals surface area (Å²) < 4.78 is 27.7. The first-order valence-electron chi connectivity index (χ1n) is 9.62. The molecule has 1 aliphatic heterocycles. The second-order valence-electron chi connectivity index (χ2n) is 7.04. The molecule has 0 fully saturated rings. The number of para-hydroxylation sites is 2. The zero-order valence-electron chi connectivity index (χ0n) is 15.9. The Kier molecular flexibility index (Phi) is 5.36. The summed E-state index contributed by atoms with van der Waals surface area (Å²) >= 11 is 0. The third-order valence-corrected chi connectivity index (χ3v) is 6.44. The summed E-state index contributed by atoms with van der Waals surface area (Å²) in [6.07, 6.45) is 2.94. The number of hydrogen-bond acceptors (Lipinski definition) is 3. The Morgan fingerprint density at radius 2 is 1.52 bits per heavy atom. The van der Waals surface area contributed by atoms with Crippen LogP contribution in [0.2, 0.25) is 0 Å². The molecular formula is C23H22N2O3S.